The minimum atomic E-state index is -1.39. The van der Waals surface area contributed by atoms with E-state index in [0.717, 1.165) is 0 Å². The molecule has 1 saturated carbocycles. The number of ether oxygens (including phenoxy) is 3. The van der Waals surface area contributed by atoms with Crippen LogP contribution in [0, 0.1) is 0 Å². The molecule has 6 unspecified atom stereocenters. The van der Waals surface area contributed by atoms with Gasteiger partial charge in [0, 0.05) is 0 Å². The third-order valence-electron chi connectivity index (χ3n) is 4.83. The number of nitrogens with two attached hydrogens (primary N) is 2. The van der Waals surface area contributed by atoms with Crippen molar-refractivity contribution in [2.24, 2.45) is 16.5 Å². The summed E-state index contributed by atoms with van der Waals surface area (Å²) < 4.78 is 16.6. The number of epoxide rings is 1. The maximum Gasteiger partial charge on any atom is 0.370 e. The van der Waals surface area contributed by atoms with Crippen molar-refractivity contribution in [1.82, 2.24) is 0 Å². The van der Waals surface area contributed by atoms with E-state index in [1.807, 2.05) is 0 Å². The molecule has 0 amide bonds. The summed E-state index contributed by atoms with van der Waals surface area (Å²) >= 11 is 0. The van der Waals surface area contributed by atoms with Crippen LogP contribution in [0.25, 0.3) is 0 Å². The maximum absolute atomic E-state index is 10.8. The van der Waals surface area contributed by atoms with Crippen molar-refractivity contribution in [3.63, 3.8) is 0 Å². The summed E-state index contributed by atoms with van der Waals surface area (Å²) in [5, 5.41) is 38.5. The van der Waals surface area contributed by atoms with E-state index in [2.05, 4.69) is 4.99 Å². The van der Waals surface area contributed by atoms with Crippen LogP contribution in [-0.2, 0) is 19.0 Å². The van der Waals surface area contributed by atoms with Gasteiger partial charge in [0.15, 0.2) is 6.29 Å². The molecule has 3 aliphatic rings. The van der Waals surface area contributed by atoms with E-state index in [1.165, 1.54) is 0 Å². The van der Waals surface area contributed by atoms with Gasteiger partial charge >= 0.3 is 5.97 Å². The molecule has 8 N–H and O–H groups in total. The van der Waals surface area contributed by atoms with Crippen LogP contribution < -0.4 is 11.5 Å². The van der Waals surface area contributed by atoms with E-state index in [-0.39, 0.29) is 6.42 Å². The Kier molecular flexibility index (Phi) is 4.99. The van der Waals surface area contributed by atoms with Gasteiger partial charge in [0.1, 0.15) is 36.6 Å². The third kappa shape index (κ3) is 3.49. The lowest BCUT2D eigenvalue weighted by atomic mass is 9.89. The van der Waals surface area contributed by atoms with E-state index in [9.17, 15) is 20.1 Å². The quantitative estimate of drug-likeness (QED) is 0.167. The Bertz CT molecular complexity index is 560. The first-order valence-corrected chi connectivity index (χ1v) is 8.03. The van der Waals surface area contributed by atoms with Crippen molar-refractivity contribution >= 4 is 11.8 Å². The predicted octanol–water partition coefficient (Wildman–Crippen LogP) is -3.49. The zero-order valence-electron chi connectivity index (χ0n) is 13.5. The minimum Gasteiger partial charge on any atom is -0.475 e. The highest BCUT2D eigenvalue weighted by Gasteiger charge is 2.61. The average Bonchev–Trinajstić information content (AvgIpc) is 3.34. The molecule has 2 heterocycles. The fraction of sp³-hybridized carbons (Fsp3) is 0.857. The topological polar surface area (TPSA) is 193 Å². The largest absolute Gasteiger partial charge is 0.475 e. The highest BCUT2D eigenvalue weighted by Crippen LogP contribution is 2.40. The van der Waals surface area contributed by atoms with Gasteiger partial charge in [-0.2, -0.15) is 0 Å². The molecule has 2 aliphatic heterocycles. The molecule has 11 heteroatoms. The standard InChI is InChI=1S/C14H23N3O8/c1-3-5(17-12(16)13(21)22)2-4(15)14(23-3)25-10-8(20)6(18)7(19)9-11(10)24-9/h3-11,14,18-20H,2,15H2,1H3,(H2,16,17)(H,21,22)/t3?,4-,5?,6?,7?,8?,9-,10+,11-,14?/m0/s1. The molecule has 142 valence electrons. The van der Waals surface area contributed by atoms with Crippen LogP contribution in [0.5, 0.6) is 0 Å². The van der Waals surface area contributed by atoms with E-state index in [1.54, 1.807) is 6.92 Å². The third-order valence-corrected chi connectivity index (χ3v) is 4.83. The molecule has 0 radical (unpaired) electrons. The lowest BCUT2D eigenvalue weighted by Crippen LogP contribution is -2.59. The molecule has 10 atom stereocenters. The van der Waals surface area contributed by atoms with E-state index >= 15 is 0 Å². The second-order valence-electron chi connectivity index (χ2n) is 6.63. The number of hydrogen-bond acceptors (Lipinski definition) is 9. The number of carbonyl (C=O) groups is 1. The number of carboxylic acid groups (broad SMARTS) is 1. The number of nitrogens with zero attached hydrogens (tertiary/aromatic N) is 1. The van der Waals surface area contributed by atoms with Gasteiger partial charge < -0.3 is 46.1 Å². The number of rotatable bonds is 3. The number of hydrogen-bond donors (Lipinski definition) is 6. The van der Waals surface area contributed by atoms with Gasteiger partial charge in [0.2, 0.25) is 5.84 Å². The summed E-state index contributed by atoms with van der Waals surface area (Å²) in [5.41, 5.74) is 11.4. The number of aliphatic carboxylic acids is 1. The molecule has 1 aliphatic carbocycles. The molecular formula is C14H23N3O8. The fourth-order valence-electron chi connectivity index (χ4n) is 3.28. The second kappa shape index (κ2) is 6.76. The maximum atomic E-state index is 10.8. The normalized spacial score (nSPS) is 50.2. The highest BCUT2D eigenvalue weighted by molar-refractivity contribution is 6.33. The van der Waals surface area contributed by atoms with Crippen molar-refractivity contribution in [1.29, 1.82) is 0 Å². The Morgan fingerprint density at radius 1 is 1.16 bits per heavy atom. The van der Waals surface area contributed by atoms with Gasteiger partial charge in [0.05, 0.1) is 18.2 Å². The van der Waals surface area contributed by atoms with Crippen molar-refractivity contribution in [2.45, 2.75) is 74.4 Å². The molecule has 2 saturated heterocycles. The lowest BCUT2D eigenvalue weighted by Gasteiger charge is -2.40. The van der Waals surface area contributed by atoms with Crippen LogP contribution in [-0.4, -0.2) is 93.3 Å². The average molecular weight is 361 g/mol. The Hall–Kier alpha value is -1.34. The van der Waals surface area contributed by atoms with E-state index in [0.29, 0.717) is 0 Å². The summed E-state index contributed by atoms with van der Waals surface area (Å²) in [4.78, 5) is 14.7. The monoisotopic (exact) mass is 361 g/mol. The molecule has 3 fully saturated rings. The van der Waals surface area contributed by atoms with Crippen LogP contribution in [0.15, 0.2) is 4.99 Å². The van der Waals surface area contributed by atoms with Crippen LogP contribution in [0.1, 0.15) is 13.3 Å². The number of aliphatic imine (C=N–C) groups is 1. The number of amidine groups is 1. The van der Waals surface area contributed by atoms with Gasteiger partial charge in [-0.1, -0.05) is 0 Å². The molecule has 0 bridgehead atoms. The van der Waals surface area contributed by atoms with E-state index in [4.69, 9.17) is 30.8 Å². The van der Waals surface area contributed by atoms with E-state index < -0.39 is 72.9 Å². The van der Waals surface area contributed by atoms with Gasteiger partial charge in [0.25, 0.3) is 0 Å². The zero-order valence-corrected chi connectivity index (χ0v) is 13.5. The Labute approximate surface area is 143 Å². The van der Waals surface area contributed by atoms with Crippen molar-refractivity contribution in [3.05, 3.63) is 0 Å². The SMILES string of the molecule is CC1OC(O[C@@H]2C(O)C(O)C(O)[C@@H]3O[C@H]23)[C@@H](N)CC1N=C(N)C(=O)O. The van der Waals surface area contributed by atoms with Crippen molar-refractivity contribution in [3.8, 4) is 0 Å². The zero-order chi connectivity index (χ0) is 18.5. The summed E-state index contributed by atoms with van der Waals surface area (Å²) in [6.45, 7) is 1.68. The van der Waals surface area contributed by atoms with Crippen LogP contribution in [0.3, 0.4) is 0 Å². The van der Waals surface area contributed by atoms with Crippen molar-refractivity contribution < 1.29 is 39.4 Å². The molecular weight excluding hydrogens is 338 g/mol. The number of fused-ring (bicyclic) bond motifs is 1. The minimum absolute atomic E-state index is 0.267. The summed E-state index contributed by atoms with van der Waals surface area (Å²) in [6, 6.07) is -1.19. The van der Waals surface area contributed by atoms with Gasteiger partial charge in [-0.05, 0) is 13.3 Å². The summed E-state index contributed by atoms with van der Waals surface area (Å²) in [5.74, 6) is -1.85. The Morgan fingerprint density at radius 3 is 2.48 bits per heavy atom. The smallest absolute Gasteiger partial charge is 0.370 e. The van der Waals surface area contributed by atoms with Gasteiger partial charge in [-0.25, -0.2) is 4.79 Å². The summed E-state index contributed by atoms with van der Waals surface area (Å²) in [6.07, 6.45) is -7.08. The fourth-order valence-corrected chi connectivity index (χ4v) is 3.28. The van der Waals surface area contributed by atoms with Gasteiger partial charge in [-0.15, -0.1) is 0 Å². The first-order chi connectivity index (χ1) is 11.7. The molecule has 0 aromatic heterocycles. The lowest BCUT2D eigenvalue weighted by molar-refractivity contribution is -0.252. The Morgan fingerprint density at radius 2 is 1.84 bits per heavy atom. The molecule has 0 spiro atoms. The molecule has 0 aromatic carbocycles. The first kappa shape index (κ1) is 18.5. The number of aliphatic hydroxyl groups is 3. The second-order valence-corrected chi connectivity index (χ2v) is 6.63. The highest BCUT2D eigenvalue weighted by atomic mass is 16.7. The van der Waals surface area contributed by atoms with Crippen LogP contribution in [0.2, 0.25) is 0 Å². The van der Waals surface area contributed by atoms with Crippen LogP contribution >= 0.6 is 0 Å². The van der Waals surface area contributed by atoms with Gasteiger partial charge in [-0.3, -0.25) is 4.99 Å². The van der Waals surface area contributed by atoms with Crippen LogP contribution in [0.4, 0.5) is 0 Å². The Balaban J connectivity index is 1.63. The number of carboxylic acids is 1. The predicted molar refractivity (Wildman–Crippen MR) is 81.5 cm³/mol. The molecule has 11 nitrogen and oxygen atoms in total. The molecule has 0 aromatic rings. The summed E-state index contributed by atoms with van der Waals surface area (Å²) in [7, 11) is 0. The first-order valence-electron chi connectivity index (χ1n) is 8.03. The molecule has 25 heavy (non-hydrogen) atoms. The number of aliphatic hydroxyl groups excluding tert-OH is 3. The molecule has 3 rings (SSSR count). The van der Waals surface area contributed by atoms with Crippen molar-refractivity contribution in [2.75, 3.05) is 0 Å².